The van der Waals surface area contributed by atoms with Crippen LogP contribution < -0.4 is 0 Å². The van der Waals surface area contributed by atoms with Gasteiger partial charge in [-0.15, -0.1) is 0 Å². The molecule has 1 atom stereocenters. The first-order valence-electron chi connectivity index (χ1n) is 3.41. The lowest BCUT2D eigenvalue weighted by Crippen LogP contribution is -2.12. The van der Waals surface area contributed by atoms with E-state index in [4.69, 9.17) is 12.2 Å². The van der Waals surface area contributed by atoms with E-state index >= 15 is 0 Å². The van der Waals surface area contributed by atoms with E-state index < -0.39 is 0 Å². The van der Waals surface area contributed by atoms with Gasteiger partial charge >= 0.3 is 0 Å². The zero-order valence-corrected chi connectivity index (χ0v) is 6.63. The van der Waals surface area contributed by atoms with Crippen molar-refractivity contribution in [2.45, 2.75) is 26.2 Å². The van der Waals surface area contributed by atoms with Crippen LogP contribution in [0.4, 0.5) is 0 Å². The van der Waals surface area contributed by atoms with Gasteiger partial charge in [0, 0.05) is 4.86 Å². The fourth-order valence-corrected chi connectivity index (χ4v) is 1.51. The Bertz CT molecular complexity index is 147. The van der Waals surface area contributed by atoms with E-state index in [9.17, 15) is 0 Å². The van der Waals surface area contributed by atoms with Crippen LogP contribution in [-0.4, -0.2) is 4.86 Å². The first-order chi connectivity index (χ1) is 4.20. The normalized spacial score (nSPS) is 28.8. The van der Waals surface area contributed by atoms with Crippen LogP contribution in [0.15, 0.2) is 12.2 Å². The van der Waals surface area contributed by atoms with Crippen LogP contribution in [0, 0.1) is 5.92 Å². The Balaban J connectivity index is 2.54. The molecule has 0 aromatic carbocycles. The van der Waals surface area contributed by atoms with E-state index in [1.807, 2.05) is 0 Å². The van der Waals surface area contributed by atoms with E-state index in [1.165, 1.54) is 12.0 Å². The second-order valence-electron chi connectivity index (χ2n) is 2.87. The van der Waals surface area contributed by atoms with E-state index in [2.05, 4.69) is 13.5 Å². The molecule has 1 fully saturated rings. The summed E-state index contributed by atoms with van der Waals surface area (Å²) in [6.45, 7) is 6.14. The van der Waals surface area contributed by atoms with Crippen molar-refractivity contribution < 1.29 is 0 Å². The third-order valence-electron chi connectivity index (χ3n) is 1.87. The predicted molar refractivity (Wildman–Crippen MR) is 44.8 cm³/mol. The van der Waals surface area contributed by atoms with Crippen molar-refractivity contribution in [2.24, 2.45) is 5.92 Å². The lowest BCUT2D eigenvalue weighted by molar-refractivity contribution is 0.539. The highest BCUT2D eigenvalue weighted by atomic mass is 32.1. The number of hydrogen-bond donors (Lipinski definition) is 0. The first-order valence-corrected chi connectivity index (χ1v) is 3.82. The fourth-order valence-electron chi connectivity index (χ4n) is 1.12. The zero-order valence-electron chi connectivity index (χ0n) is 5.81. The third-order valence-corrected chi connectivity index (χ3v) is 2.32. The summed E-state index contributed by atoms with van der Waals surface area (Å²) in [5.74, 6) is 0.794. The molecule has 0 bridgehead atoms. The molecule has 1 heteroatoms. The quantitative estimate of drug-likeness (QED) is 0.368. The molecule has 0 N–H and O–H groups in total. The standard InChI is InChI=1S/C8H12S/c1-6-3-4-7(2)8(9)5-6/h6H,2-5H2,1H3. The predicted octanol–water partition coefficient (Wildman–Crippen LogP) is 2.73. The van der Waals surface area contributed by atoms with Gasteiger partial charge in [-0.05, 0) is 30.8 Å². The summed E-state index contributed by atoms with van der Waals surface area (Å²) >= 11 is 5.11. The molecule has 0 saturated heterocycles. The van der Waals surface area contributed by atoms with Crippen LogP contribution in [0.5, 0.6) is 0 Å². The summed E-state index contributed by atoms with van der Waals surface area (Å²) in [5.41, 5.74) is 1.20. The second-order valence-corrected chi connectivity index (χ2v) is 3.37. The maximum absolute atomic E-state index is 5.11. The average Bonchev–Trinajstić information content (AvgIpc) is 1.80. The number of hydrogen-bond acceptors (Lipinski definition) is 1. The Morgan fingerprint density at radius 3 is 2.78 bits per heavy atom. The molecule has 1 aliphatic carbocycles. The summed E-state index contributed by atoms with van der Waals surface area (Å²) in [5, 5.41) is 0. The molecule has 50 valence electrons. The van der Waals surface area contributed by atoms with Gasteiger partial charge in [0.05, 0.1) is 0 Å². The molecule has 1 unspecified atom stereocenters. The molecule has 9 heavy (non-hydrogen) atoms. The summed E-state index contributed by atoms with van der Waals surface area (Å²) < 4.78 is 0. The van der Waals surface area contributed by atoms with Crippen molar-refractivity contribution in [3.05, 3.63) is 12.2 Å². The minimum Gasteiger partial charge on any atom is -0.0947 e. The van der Waals surface area contributed by atoms with Gasteiger partial charge in [-0.2, -0.15) is 0 Å². The fraction of sp³-hybridized carbons (Fsp3) is 0.625. The van der Waals surface area contributed by atoms with Crippen LogP contribution in [0.25, 0.3) is 0 Å². The van der Waals surface area contributed by atoms with Crippen molar-refractivity contribution >= 4 is 17.1 Å². The highest BCUT2D eigenvalue weighted by molar-refractivity contribution is 7.80. The number of rotatable bonds is 0. The Labute approximate surface area is 62.0 Å². The third kappa shape index (κ3) is 1.62. The monoisotopic (exact) mass is 140 g/mol. The molecule has 1 saturated carbocycles. The maximum atomic E-state index is 5.11. The molecule has 0 radical (unpaired) electrons. The largest absolute Gasteiger partial charge is 0.0947 e. The van der Waals surface area contributed by atoms with Crippen LogP contribution in [0.2, 0.25) is 0 Å². The number of allylic oxidation sites excluding steroid dienone is 1. The van der Waals surface area contributed by atoms with E-state index in [0.29, 0.717) is 0 Å². The summed E-state index contributed by atoms with van der Waals surface area (Å²) in [6, 6.07) is 0. The first kappa shape index (κ1) is 6.94. The van der Waals surface area contributed by atoms with Gasteiger partial charge in [0.2, 0.25) is 0 Å². The van der Waals surface area contributed by atoms with E-state index in [0.717, 1.165) is 23.6 Å². The lowest BCUT2D eigenvalue weighted by atomic mass is 9.88. The van der Waals surface area contributed by atoms with Crippen LogP contribution >= 0.6 is 12.2 Å². The highest BCUT2D eigenvalue weighted by Gasteiger charge is 2.14. The van der Waals surface area contributed by atoms with Crippen LogP contribution in [-0.2, 0) is 0 Å². The van der Waals surface area contributed by atoms with Crippen LogP contribution in [0.1, 0.15) is 26.2 Å². The summed E-state index contributed by atoms with van der Waals surface area (Å²) in [7, 11) is 0. The molecule has 0 heterocycles. The molecule has 0 aromatic heterocycles. The Kier molecular flexibility index (Phi) is 2.01. The smallest absolute Gasteiger partial charge is 0.0180 e. The molecule has 0 aromatic rings. The van der Waals surface area contributed by atoms with Crippen LogP contribution in [0.3, 0.4) is 0 Å². The summed E-state index contributed by atoms with van der Waals surface area (Å²) in [4.78, 5) is 1.11. The van der Waals surface area contributed by atoms with Gasteiger partial charge < -0.3 is 0 Å². The Morgan fingerprint density at radius 2 is 2.33 bits per heavy atom. The molecule has 1 rings (SSSR count). The highest BCUT2D eigenvalue weighted by Crippen LogP contribution is 2.24. The Morgan fingerprint density at radius 1 is 1.67 bits per heavy atom. The summed E-state index contributed by atoms with van der Waals surface area (Å²) in [6.07, 6.45) is 3.49. The second kappa shape index (κ2) is 2.61. The minimum absolute atomic E-state index is 0.794. The van der Waals surface area contributed by atoms with Crippen molar-refractivity contribution in [1.29, 1.82) is 0 Å². The molecule has 0 aliphatic heterocycles. The van der Waals surface area contributed by atoms with Gasteiger partial charge in [0.15, 0.2) is 0 Å². The van der Waals surface area contributed by atoms with Gasteiger partial charge in [-0.3, -0.25) is 0 Å². The van der Waals surface area contributed by atoms with Crippen molar-refractivity contribution in [1.82, 2.24) is 0 Å². The van der Waals surface area contributed by atoms with Crippen molar-refractivity contribution in [2.75, 3.05) is 0 Å². The van der Waals surface area contributed by atoms with Crippen molar-refractivity contribution in [3.8, 4) is 0 Å². The van der Waals surface area contributed by atoms with Gasteiger partial charge in [0.1, 0.15) is 0 Å². The Hall–Kier alpha value is -0.170. The minimum atomic E-state index is 0.794. The molecule has 0 spiro atoms. The van der Waals surface area contributed by atoms with Crippen molar-refractivity contribution in [3.63, 3.8) is 0 Å². The molecular weight excluding hydrogens is 128 g/mol. The molecule has 0 nitrogen and oxygen atoms in total. The molecular formula is C8H12S. The molecule has 0 amide bonds. The van der Waals surface area contributed by atoms with Gasteiger partial charge in [-0.25, -0.2) is 0 Å². The van der Waals surface area contributed by atoms with E-state index in [-0.39, 0.29) is 0 Å². The zero-order chi connectivity index (χ0) is 6.85. The lowest BCUT2D eigenvalue weighted by Gasteiger charge is -2.19. The average molecular weight is 140 g/mol. The van der Waals surface area contributed by atoms with Gasteiger partial charge in [0.25, 0.3) is 0 Å². The molecule has 1 aliphatic rings. The maximum Gasteiger partial charge on any atom is 0.0180 e. The van der Waals surface area contributed by atoms with E-state index in [1.54, 1.807) is 0 Å². The number of thiocarbonyl (C=S) groups is 1. The van der Waals surface area contributed by atoms with Gasteiger partial charge in [-0.1, -0.05) is 25.7 Å². The topological polar surface area (TPSA) is 0 Å². The SMILES string of the molecule is C=C1CCC(C)CC1=S.